The lowest BCUT2D eigenvalue weighted by atomic mass is 10.2. The molecule has 0 atom stereocenters. The van der Waals surface area contributed by atoms with Crippen molar-refractivity contribution in [2.24, 2.45) is 0 Å². The molecule has 0 unspecified atom stereocenters. The maximum atomic E-state index is 15.4. The maximum absolute atomic E-state index is 15.4. The van der Waals surface area contributed by atoms with E-state index in [1.807, 2.05) is 0 Å². The van der Waals surface area contributed by atoms with Crippen molar-refractivity contribution in [2.45, 2.75) is 5.51 Å². The monoisotopic (exact) mass is 841 g/mol. The molecule has 0 aliphatic carbocycles. The molecule has 0 saturated carbocycles. The van der Waals surface area contributed by atoms with Crippen LogP contribution in [-0.4, -0.2) is 57.8 Å². The van der Waals surface area contributed by atoms with Gasteiger partial charge in [0.1, 0.15) is 7.05 Å². The summed E-state index contributed by atoms with van der Waals surface area (Å²) in [6.45, 7) is -2.10. The lowest BCUT2D eigenvalue weighted by Gasteiger charge is -2.34. The van der Waals surface area contributed by atoms with Crippen LogP contribution in [0.3, 0.4) is 0 Å². The Hall–Kier alpha value is -4.62. The van der Waals surface area contributed by atoms with Crippen molar-refractivity contribution in [1.29, 1.82) is 0 Å². The molecule has 0 bridgehead atoms. The molecule has 0 saturated heterocycles. The topological polar surface area (TPSA) is 69.4 Å². The number of alkyl halides is 3. The first-order valence-corrected chi connectivity index (χ1v) is 16.9. The Kier molecular flexibility index (Phi) is 13.0. The minimum Gasteiger partial charge on any atom is -0.741 e. The average Bonchev–Trinajstić information content (AvgIpc) is 3.09. The molecular formula is C29H13F18NO4SSi. The van der Waals surface area contributed by atoms with Gasteiger partial charge in [-0.1, -0.05) is 18.2 Å². The number of nitrogens with zero attached hydrogens (tertiary/aromatic N) is 1. The zero-order chi connectivity index (χ0) is 41.4. The van der Waals surface area contributed by atoms with Gasteiger partial charge in [-0.15, -0.1) is 0 Å². The molecule has 0 spiro atoms. The summed E-state index contributed by atoms with van der Waals surface area (Å²) in [6, 6.07) is 7.70. The van der Waals surface area contributed by atoms with E-state index in [1.54, 1.807) is 18.2 Å². The molecule has 0 heterocycles. The van der Waals surface area contributed by atoms with Crippen molar-refractivity contribution < 1.29 is 101 Å². The summed E-state index contributed by atoms with van der Waals surface area (Å²) >= 11 is 0. The van der Waals surface area contributed by atoms with Gasteiger partial charge >= 0.3 is 13.8 Å². The van der Waals surface area contributed by atoms with Gasteiger partial charge in [-0.2, -0.15) is 13.2 Å². The maximum Gasteiger partial charge on any atom is 0.485 e. The Morgan fingerprint density at radius 3 is 1.09 bits per heavy atom. The van der Waals surface area contributed by atoms with Gasteiger partial charge < -0.3 is 8.98 Å². The van der Waals surface area contributed by atoms with Gasteiger partial charge in [-0.05, 0) is 12.1 Å². The number of hydrogen-bond acceptors (Lipinski definition) is 4. The molecule has 0 N–H and O–H groups in total. The third-order valence-electron chi connectivity index (χ3n) is 6.90. The molecule has 54 heavy (non-hydrogen) atoms. The first-order valence-electron chi connectivity index (χ1n) is 13.6. The van der Waals surface area contributed by atoms with Gasteiger partial charge in [0.15, 0.2) is 92.7 Å². The molecule has 5 nitrogen and oxygen atoms in total. The smallest absolute Gasteiger partial charge is 0.485 e. The normalized spacial score (nSPS) is 12.6. The molecule has 4 rings (SSSR count). The summed E-state index contributed by atoms with van der Waals surface area (Å²) < 4.78 is 287. The first kappa shape index (κ1) is 43.8. The van der Waals surface area contributed by atoms with Gasteiger partial charge in [0.05, 0.1) is 22.2 Å². The van der Waals surface area contributed by atoms with Crippen molar-refractivity contribution in [1.82, 2.24) is 0 Å². The van der Waals surface area contributed by atoms with Crippen molar-refractivity contribution >= 4 is 40.2 Å². The lowest BCUT2D eigenvalue weighted by molar-refractivity contribution is -0.493. The minimum absolute atomic E-state index is 0.424. The van der Waals surface area contributed by atoms with Gasteiger partial charge in [0.25, 0.3) is 0 Å². The van der Waals surface area contributed by atoms with E-state index in [9.17, 15) is 52.7 Å². The number of halogens is 18. The quantitative estimate of drug-likeness (QED) is 0.0268. The number of likely N-dealkylation sites (N-methyl/N-ethyl adjacent to an activating group) is 1. The van der Waals surface area contributed by atoms with Gasteiger partial charge in [-0.3, -0.25) is 0 Å². The minimum atomic E-state index is -7.34. The fourth-order valence-corrected chi connectivity index (χ4v) is 8.63. The van der Waals surface area contributed by atoms with E-state index in [4.69, 9.17) is 17.4 Å². The standard InChI is InChI=1S/C28H13F15NOSi.CHF3O3S/c1-44(9-10-5-3-2-4-6-10)7-8-45-46(26-20(38)14(32)11(29)15(33)21(26)39,27-22(40)16(34)12(30)17(35)23(27)41)28-24(42)18(36)13(31)19(37)25(28)43;2-1(3,4)8(5,6)7/h2-6,9H,7-8H2,1H3;(H,5,6,7)/q+1;/p-1. The Bertz CT molecular complexity index is 2000. The van der Waals surface area contributed by atoms with E-state index in [-0.39, 0.29) is 0 Å². The summed E-state index contributed by atoms with van der Waals surface area (Å²) in [7, 11) is -12.2. The average molecular weight is 842 g/mol. The van der Waals surface area contributed by atoms with Crippen LogP contribution >= 0.6 is 0 Å². The van der Waals surface area contributed by atoms with E-state index in [0.29, 0.717) is 5.56 Å². The molecule has 4 aromatic carbocycles. The molecule has 0 aliphatic heterocycles. The van der Waals surface area contributed by atoms with Gasteiger partial charge in [-0.25, -0.2) is 78.8 Å². The summed E-state index contributed by atoms with van der Waals surface area (Å²) in [4.78, 5) is 0. The second kappa shape index (κ2) is 16.0. The third-order valence-corrected chi connectivity index (χ3v) is 11.5. The van der Waals surface area contributed by atoms with E-state index in [2.05, 4.69) is 0 Å². The zero-order valence-corrected chi connectivity index (χ0v) is 27.5. The van der Waals surface area contributed by atoms with Crippen molar-refractivity contribution in [3.8, 4) is 0 Å². The molecule has 0 amide bonds. The molecule has 0 aromatic heterocycles. The van der Waals surface area contributed by atoms with Crippen molar-refractivity contribution in [3.05, 3.63) is 123 Å². The largest absolute Gasteiger partial charge is 0.741 e. The molecule has 0 fully saturated rings. The number of rotatable bonds is 8. The Morgan fingerprint density at radius 1 is 0.574 bits per heavy atom. The SMILES string of the molecule is C[N+](=Cc1ccccc1)CCO[Si](c1c(F)c(F)c(F)c(F)c1F)(c1c(F)c(F)c(F)c(F)c1F)c1c(F)c(F)c(F)c(F)c1F.O=S(=O)([O-])C(F)(F)F. The van der Waals surface area contributed by atoms with Crippen LogP contribution in [0.15, 0.2) is 30.3 Å². The van der Waals surface area contributed by atoms with E-state index >= 15 is 26.3 Å². The molecule has 25 heteroatoms. The van der Waals surface area contributed by atoms with Gasteiger partial charge in [0, 0.05) is 5.56 Å². The highest BCUT2D eigenvalue weighted by Crippen LogP contribution is 2.28. The predicted molar refractivity (Wildman–Crippen MR) is 148 cm³/mol. The second-order valence-electron chi connectivity index (χ2n) is 10.3. The Morgan fingerprint density at radius 2 is 0.833 bits per heavy atom. The van der Waals surface area contributed by atoms with Crippen LogP contribution < -0.4 is 15.6 Å². The predicted octanol–water partition coefficient (Wildman–Crippen LogP) is 5.57. The molecule has 294 valence electrons. The van der Waals surface area contributed by atoms with E-state index in [0.717, 1.165) is 4.58 Å². The summed E-state index contributed by atoms with van der Waals surface area (Å²) in [5.74, 6) is -46.0. The second-order valence-corrected chi connectivity index (χ2v) is 14.8. The fraction of sp³-hybridized carbons (Fsp3) is 0.138. The van der Waals surface area contributed by atoms with Crippen LogP contribution in [0, 0.1) is 87.3 Å². The van der Waals surface area contributed by atoms with Crippen LogP contribution in [-0.2, 0) is 14.5 Å². The highest BCUT2D eigenvalue weighted by Gasteiger charge is 2.58. The highest BCUT2D eigenvalue weighted by molar-refractivity contribution is 7.86. The molecule has 0 aliphatic rings. The number of benzene rings is 4. The first-order chi connectivity index (χ1) is 24.7. The summed E-state index contributed by atoms with van der Waals surface area (Å²) in [6.07, 6.45) is 1.28. The Balaban J connectivity index is 0.000000879. The van der Waals surface area contributed by atoms with Crippen LogP contribution in [0.2, 0.25) is 0 Å². The van der Waals surface area contributed by atoms with Crippen LogP contribution in [0.5, 0.6) is 0 Å². The van der Waals surface area contributed by atoms with Crippen LogP contribution in [0.25, 0.3) is 0 Å². The van der Waals surface area contributed by atoms with Crippen molar-refractivity contribution in [2.75, 3.05) is 20.2 Å². The molecule has 0 radical (unpaired) electrons. The zero-order valence-electron chi connectivity index (χ0n) is 25.7. The molecular weight excluding hydrogens is 828 g/mol. The fourth-order valence-electron chi connectivity index (χ4n) is 4.53. The lowest BCUT2D eigenvalue weighted by Crippen LogP contribution is -2.75. The highest BCUT2D eigenvalue weighted by atomic mass is 32.2. The summed E-state index contributed by atoms with van der Waals surface area (Å²) in [5.41, 5.74) is -5.22. The third kappa shape index (κ3) is 7.93. The summed E-state index contributed by atoms with van der Waals surface area (Å²) in [5, 5.41) is -8.24. The van der Waals surface area contributed by atoms with Gasteiger partial charge in [0.2, 0.25) is 17.5 Å². The van der Waals surface area contributed by atoms with E-state index < -0.39 is 140 Å². The van der Waals surface area contributed by atoms with Crippen LogP contribution in [0.4, 0.5) is 79.0 Å². The molecule has 4 aromatic rings. The Labute approximate surface area is 290 Å². The van der Waals surface area contributed by atoms with E-state index in [1.165, 1.54) is 25.4 Å². The van der Waals surface area contributed by atoms with Crippen molar-refractivity contribution in [3.63, 3.8) is 0 Å². The number of hydrogen-bond donors (Lipinski definition) is 0. The van der Waals surface area contributed by atoms with Crippen LogP contribution in [0.1, 0.15) is 5.56 Å².